The molecule has 3 aromatic heterocycles. The molecule has 324 valence electrons. The summed E-state index contributed by atoms with van der Waals surface area (Å²) in [7, 11) is 0. The third-order valence-corrected chi connectivity index (χ3v) is 12.9. The van der Waals surface area contributed by atoms with Gasteiger partial charge in [-0.1, -0.05) is 58.0 Å². The van der Waals surface area contributed by atoms with Crippen molar-refractivity contribution in [2.75, 3.05) is 4.81 Å². The molecule has 66 heavy (non-hydrogen) atoms. The minimum absolute atomic E-state index is 0.112. The van der Waals surface area contributed by atoms with Crippen LogP contribution in [0.15, 0.2) is 200 Å². The normalized spacial score (nSPS) is 14.5. The molecule has 0 aliphatic carbocycles. The van der Waals surface area contributed by atoms with Gasteiger partial charge in [0.2, 0.25) is 0 Å². The molecule has 0 saturated heterocycles. The van der Waals surface area contributed by atoms with Crippen LogP contribution >= 0.6 is 0 Å². The zero-order valence-electron chi connectivity index (χ0n) is 46.5. The Bertz CT molecular complexity index is 3930. The molecule has 0 radical (unpaired) electrons. The Balaban J connectivity index is 1.08. The number of aromatic nitrogens is 5. The topological polar surface area (TPSA) is 53.0 Å². The van der Waals surface area contributed by atoms with Gasteiger partial charge >= 0.3 is 315 Å². The fraction of sp³-hybridized carbons (Fsp3) is 0.105. The van der Waals surface area contributed by atoms with Crippen LogP contribution in [0.4, 0.5) is 11.5 Å². The van der Waals surface area contributed by atoms with Crippen LogP contribution < -0.4 is 9.55 Å². The van der Waals surface area contributed by atoms with Crippen LogP contribution in [0.2, 0.25) is 6.32 Å². The molecular weight excluding hydrogens is 991 g/mol. The first-order chi connectivity index (χ1) is 36.4. The predicted molar refractivity (Wildman–Crippen MR) is 267 cm³/mol. The van der Waals surface area contributed by atoms with Gasteiger partial charge in [-0.25, -0.2) is 0 Å². The van der Waals surface area contributed by atoms with Crippen molar-refractivity contribution in [1.82, 2.24) is 23.8 Å². The molecule has 9 heteroatoms. The molecule has 0 atom stereocenters. The van der Waals surface area contributed by atoms with Gasteiger partial charge in [0.05, 0.1) is 5.69 Å². The maximum atomic E-state index is 9.11. The summed E-state index contributed by atoms with van der Waals surface area (Å²) in [6, 6.07) is 37.5. The summed E-state index contributed by atoms with van der Waals surface area (Å²) in [6.07, 6.45) is 2.58. The standard InChI is InChI=1S/C57H47BN6O.Pt/c1-5-58-63(55-35-43(33-34-59-55)57(2,3)4)53-37-46(31-32-49(53)54-38-50(60-64(54)58)42-23-13-8-14-24-42)65-45-26-17-25-44(36-45)61-39-62(52-30-16-15-29-51(52)61)56-47(40-19-9-6-10-20-40)27-18-28-48(56)41-21-11-7-12-22-41;/h6-38H,5H2,1-4H3;/i6D,7D,9D,10D,11D,12D,19D,20D,21D,22D;. The zero-order chi connectivity index (χ0) is 53.6. The Hall–Kier alpha value is -7.28. The molecule has 7 nitrogen and oxygen atoms in total. The number of anilines is 2. The molecule has 4 heterocycles. The second-order valence-electron chi connectivity index (χ2n) is 17.0. The monoisotopic (exact) mass is 1050 g/mol. The van der Waals surface area contributed by atoms with Crippen molar-refractivity contribution in [2.45, 2.75) is 39.4 Å². The van der Waals surface area contributed by atoms with Gasteiger partial charge < -0.3 is 0 Å². The summed E-state index contributed by atoms with van der Waals surface area (Å²) in [6.45, 7) is 8.50. The van der Waals surface area contributed by atoms with Gasteiger partial charge in [0, 0.05) is 11.8 Å². The third-order valence-electron chi connectivity index (χ3n) is 11.9. The molecule has 0 fully saturated rings. The van der Waals surface area contributed by atoms with E-state index >= 15 is 0 Å². The number of pyridine rings is 1. The summed E-state index contributed by atoms with van der Waals surface area (Å²) < 4.78 is 101. The molecule has 10 aromatic rings. The van der Waals surface area contributed by atoms with E-state index in [2.05, 4.69) is 92.9 Å². The fourth-order valence-electron chi connectivity index (χ4n) is 8.83. The molecule has 0 amide bonds. The number of para-hydroxylation sites is 3. The van der Waals surface area contributed by atoms with E-state index in [0.29, 0.717) is 32.0 Å². The SMILES string of the molecule is [2H]c1c([2H])c([2H])c(-c2cccc(-c3c([2H])c([2H])c([2H])c([2H])c3[2H])c2-n2[c](=[Pt])n(-c3cccc(Oc4ccc5c(c4)N(c4cc(C(C)(C)C)ccn4)B(CC)n4nc(-c6ccccc6)cc4-5)c3)c3ccccc32)c([2H])c1[2H]. The Kier molecular flexibility index (Phi) is 8.10. The molecule has 0 N–H and O–H groups in total. The van der Waals surface area contributed by atoms with Crippen molar-refractivity contribution in [2.24, 2.45) is 0 Å². The van der Waals surface area contributed by atoms with Crippen LogP contribution in [-0.2, 0) is 24.8 Å². The number of hydrogen-bond donors (Lipinski definition) is 0. The van der Waals surface area contributed by atoms with E-state index in [1.165, 1.54) is 0 Å². The molecule has 1 aliphatic rings. The van der Waals surface area contributed by atoms with E-state index in [1.54, 1.807) is 18.2 Å². The van der Waals surface area contributed by atoms with Gasteiger partial charge in [-0.15, -0.1) is 0 Å². The van der Waals surface area contributed by atoms with Crippen LogP contribution in [-0.4, -0.2) is 30.8 Å². The van der Waals surface area contributed by atoms with Crippen LogP contribution in [0.3, 0.4) is 0 Å². The van der Waals surface area contributed by atoms with Gasteiger partial charge in [0.25, 0.3) is 0 Å². The minimum atomic E-state index is -0.561. The van der Waals surface area contributed by atoms with E-state index in [-0.39, 0.29) is 40.3 Å². The van der Waals surface area contributed by atoms with Crippen molar-refractivity contribution in [3.63, 3.8) is 0 Å². The fourth-order valence-corrected chi connectivity index (χ4v) is 9.93. The molecule has 0 unspecified atom stereocenters. The van der Waals surface area contributed by atoms with Crippen molar-refractivity contribution < 1.29 is 37.8 Å². The molecule has 11 rings (SSSR count). The van der Waals surface area contributed by atoms with E-state index in [1.807, 2.05) is 94.2 Å². The van der Waals surface area contributed by atoms with E-state index in [0.717, 1.165) is 45.9 Å². The first kappa shape index (κ1) is 31.6. The molecule has 0 saturated carbocycles. The number of fused-ring (bicyclic) bond motifs is 4. The summed E-state index contributed by atoms with van der Waals surface area (Å²) in [4.78, 5) is 7.21. The van der Waals surface area contributed by atoms with Crippen LogP contribution in [0.1, 0.15) is 47.0 Å². The van der Waals surface area contributed by atoms with Crippen molar-refractivity contribution in [3.8, 4) is 67.6 Å². The number of imidazole rings is 1. The average molecular weight is 1050 g/mol. The van der Waals surface area contributed by atoms with Gasteiger partial charge in [-0.3, -0.25) is 0 Å². The maximum absolute atomic E-state index is 9.11. The van der Waals surface area contributed by atoms with E-state index < -0.39 is 60.4 Å². The first-order valence-electron chi connectivity index (χ1n) is 26.7. The number of nitrogens with zero attached hydrogens (tertiary/aromatic N) is 6. The molecule has 0 spiro atoms. The summed E-state index contributed by atoms with van der Waals surface area (Å²) in [5.74, 6) is 1.89. The van der Waals surface area contributed by atoms with Crippen LogP contribution in [0.25, 0.3) is 67.2 Å². The van der Waals surface area contributed by atoms with Crippen LogP contribution in [0.5, 0.6) is 11.5 Å². The third kappa shape index (κ3) is 7.36. The quantitative estimate of drug-likeness (QED) is 0.135. The van der Waals surface area contributed by atoms with Gasteiger partial charge in [-0.05, 0) is 17.0 Å². The number of rotatable bonds is 9. The van der Waals surface area contributed by atoms with Crippen LogP contribution in [0, 0.1) is 3.80 Å². The summed E-state index contributed by atoms with van der Waals surface area (Å²) in [5, 5.41) is 5.21. The van der Waals surface area contributed by atoms with Gasteiger partial charge in [0.1, 0.15) is 0 Å². The second kappa shape index (κ2) is 16.9. The number of hydrogen-bond acceptors (Lipinski definition) is 4. The Labute approximate surface area is 410 Å². The zero-order valence-corrected chi connectivity index (χ0v) is 38.7. The molecule has 0 bridgehead atoms. The number of benzene rings is 7. The van der Waals surface area contributed by atoms with Crippen molar-refractivity contribution in [1.29, 1.82) is 0 Å². The van der Waals surface area contributed by atoms with Gasteiger partial charge in [-0.2, -0.15) is 5.10 Å². The Morgan fingerprint density at radius 1 is 0.636 bits per heavy atom. The number of ether oxygens (including phenoxy) is 1. The van der Waals surface area contributed by atoms with Crippen molar-refractivity contribution >= 4 is 29.5 Å². The van der Waals surface area contributed by atoms with E-state index in [4.69, 9.17) is 28.5 Å². The van der Waals surface area contributed by atoms with E-state index in [9.17, 15) is 0 Å². The first-order valence-corrected chi connectivity index (χ1v) is 22.8. The molecule has 7 aromatic carbocycles. The molecule has 1 aliphatic heterocycles. The molecular formula is C57H47BN6OPt. The Morgan fingerprint density at radius 3 is 1.97 bits per heavy atom. The average Bonchev–Trinajstić information content (AvgIpc) is 4.03. The van der Waals surface area contributed by atoms with Crippen molar-refractivity contribution in [3.05, 3.63) is 209 Å². The summed E-state index contributed by atoms with van der Waals surface area (Å²) >= 11 is 2.18. The predicted octanol–water partition coefficient (Wildman–Crippen LogP) is 14.4. The second-order valence-corrected chi connectivity index (χ2v) is 18.0. The Morgan fingerprint density at radius 2 is 1.29 bits per heavy atom. The van der Waals surface area contributed by atoms with Gasteiger partial charge in [0.15, 0.2) is 0 Å². The summed E-state index contributed by atoms with van der Waals surface area (Å²) in [5.41, 5.74) is 8.16.